The predicted molar refractivity (Wildman–Crippen MR) is 144 cm³/mol. The van der Waals surface area contributed by atoms with Crippen LogP contribution < -0.4 is 9.64 Å². The van der Waals surface area contributed by atoms with Crippen molar-refractivity contribution in [3.63, 3.8) is 0 Å². The van der Waals surface area contributed by atoms with Gasteiger partial charge in [-0.3, -0.25) is 0 Å². The number of benzene rings is 2. The van der Waals surface area contributed by atoms with Crippen LogP contribution in [0, 0.1) is 5.92 Å². The average molecular weight is 505 g/mol. The van der Waals surface area contributed by atoms with Gasteiger partial charge in [0.1, 0.15) is 17.2 Å². The predicted octanol–water partition coefficient (Wildman–Crippen LogP) is 4.92. The van der Waals surface area contributed by atoms with Gasteiger partial charge < -0.3 is 24.4 Å². The third kappa shape index (κ3) is 5.15. The Bertz CT molecular complexity index is 1310. The van der Waals surface area contributed by atoms with Crippen molar-refractivity contribution in [3.8, 4) is 11.8 Å². The molecular formula is C29H36N4O4. The molecular weight excluding hydrogens is 468 g/mol. The maximum Gasteiger partial charge on any atom is 0.410 e. The van der Waals surface area contributed by atoms with Gasteiger partial charge in [0, 0.05) is 31.7 Å². The van der Waals surface area contributed by atoms with Crippen molar-refractivity contribution in [1.82, 2.24) is 14.9 Å². The zero-order valence-electron chi connectivity index (χ0n) is 22.3. The number of phenols is 1. The quantitative estimate of drug-likeness (QED) is 0.542. The van der Waals surface area contributed by atoms with Gasteiger partial charge in [-0.05, 0) is 73.9 Å². The van der Waals surface area contributed by atoms with Gasteiger partial charge in [-0.1, -0.05) is 31.2 Å². The molecule has 196 valence electrons. The number of fused-ring (bicyclic) bond motifs is 2. The number of methoxy groups -OCH3 is 1. The molecule has 2 unspecified atom stereocenters. The molecule has 1 saturated heterocycles. The largest absolute Gasteiger partial charge is 0.508 e. The van der Waals surface area contributed by atoms with E-state index in [0.29, 0.717) is 38.1 Å². The molecule has 0 spiro atoms. The molecule has 0 saturated carbocycles. The number of carbonyl (C=O) groups excluding carboxylic acids is 1. The summed E-state index contributed by atoms with van der Waals surface area (Å²) in [7, 11) is 1.59. The lowest BCUT2D eigenvalue weighted by atomic mass is 9.74. The van der Waals surface area contributed by atoms with Crippen molar-refractivity contribution in [3.05, 3.63) is 53.2 Å². The van der Waals surface area contributed by atoms with Crippen molar-refractivity contribution < 1.29 is 19.4 Å². The Labute approximate surface area is 218 Å². The van der Waals surface area contributed by atoms with Gasteiger partial charge >= 0.3 is 12.1 Å². The normalized spacial score (nSPS) is 20.0. The number of amides is 1. The zero-order chi connectivity index (χ0) is 26.3. The second-order valence-electron chi connectivity index (χ2n) is 11.2. The smallest absolute Gasteiger partial charge is 0.410 e. The lowest BCUT2D eigenvalue weighted by Crippen LogP contribution is -2.50. The van der Waals surface area contributed by atoms with Gasteiger partial charge in [-0.2, -0.15) is 9.97 Å². The summed E-state index contributed by atoms with van der Waals surface area (Å²) in [5.41, 5.74) is 2.78. The zero-order valence-corrected chi connectivity index (χ0v) is 22.3. The van der Waals surface area contributed by atoms with Crippen LogP contribution in [-0.2, 0) is 17.6 Å². The van der Waals surface area contributed by atoms with Gasteiger partial charge in [0.05, 0.1) is 12.8 Å². The molecule has 5 rings (SSSR count). The first-order valence-corrected chi connectivity index (χ1v) is 13.0. The lowest BCUT2D eigenvalue weighted by molar-refractivity contribution is 0.0240. The number of anilines is 1. The summed E-state index contributed by atoms with van der Waals surface area (Å²) in [5.74, 6) is 1.73. The highest BCUT2D eigenvalue weighted by Crippen LogP contribution is 2.43. The Balaban J connectivity index is 1.43. The molecule has 2 aliphatic rings. The third-order valence-corrected chi connectivity index (χ3v) is 7.37. The molecule has 3 aromatic rings. The van der Waals surface area contributed by atoms with Crippen molar-refractivity contribution in [1.29, 1.82) is 0 Å². The number of hydrogen-bond acceptors (Lipinski definition) is 7. The van der Waals surface area contributed by atoms with Crippen LogP contribution in [0.4, 0.5) is 10.6 Å². The minimum absolute atomic E-state index is 0.209. The molecule has 1 aromatic heterocycles. The lowest BCUT2D eigenvalue weighted by Gasteiger charge is -2.38. The molecule has 0 radical (unpaired) electrons. The first-order chi connectivity index (χ1) is 17.6. The summed E-state index contributed by atoms with van der Waals surface area (Å²) in [4.78, 5) is 26.1. The summed E-state index contributed by atoms with van der Waals surface area (Å²) in [6, 6.07) is 12.3. The monoisotopic (exact) mass is 504 g/mol. The van der Waals surface area contributed by atoms with Gasteiger partial charge in [-0.25, -0.2) is 4.79 Å². The molecule has 1 aliphatic heterocycles. The third-order valence-electron chi connectivity index (χ3n) is 7.37. The number of carbonyl (C=O) groups is 1. The minimum atomic E-state index is -0.513. The fourth-order valence-corrected chi connectivity index (χ4v) is 5.57. The SMILES string of the molecule is COc1nc2c(c(N3CCN(C(=O)OC(C)(C)C)CC3)n1)CC(C)C(c1cc(O)cc3ccccc13)C2. The summed E-state index contributed by atoms with van der Waals surface area (Å²) in [6.07, 6.45) is 1.30. The minimum Gasteiger partial charge on any atom is -0.508 e. The van der Waals surface area contributed by atoms with Crippen molar-refractivity contribution >= 4 is 22.7 Å². The van der Waals surface area contributed by atoms with E-state index >= 15 is 0 Å². The number of phenolic OH excluding ortho intramolecular Hbond substituents is 1. The Kier molecular flexibility index (Phi) is 6.60. The van der Waals surface area contributed by atoms with Crippen LogP contribution in [0.2, 0.25) is 0 Å². The fourth-order valence-electron chi connectivity index (χ4n) is 5.57. The van der Waals surface area contributed by atoms with Crippen LogP contribution in [0.1, 0.15) is 50.4 Å². The van der Waals surface area contributed by atoms with Crippen molar-refractivity contribution in [2.45, 2.75) is 52.1 Å². The molecule has 2 atom stereocenters. The summed E-state index contributed by atoms with van der Waals surface area (Å²) in [5, 5.41) is 12.7. The topological polar surface area (TPSA) is 88.0 Å². The first kappa shape index (κ1) is 25.1. The summed E-state index contributed by atoms with van der Waals surface area (Å²) >= 11 is 0. The van der Waals surface area contributed by atoms with E-state index in [4.69, 9.17) is 19.4 Å². The Morgan fingerprint density at radius 2 is 1.78 bits per heavy atom. The van der Waals surface area contributed by atoms with E-state index in [1.807, 2.05) is 51.1 Å². The van der Waals surface area contributed by atoms with Crippen LogP contribution in [0.25, 0.3) is 10.8 Å². The van der Waals surface area contributed by atoms with Crippen molar-refractivity contribution in [2.75, 3.05) is 38.2 Å². The fraction of sp³-hybridized carbons (Fsp3) is 0.483. The molecule has 37 heavy (non-hydrogen) atoms. The molecule has 2 heterocycles. The number of aromatic hydroxyl groups is 1. The maximum atomic E-state index is 12.5. The van der Waals surface area contributed by atoms with E-state index in [1.165, 1.54) is 5.39 Å². The highest BCUT2D eigenvalue weighted by atomic mass is 16.6. The molecule has 2 aromatic carbocycles. The van der Waals surface area contributed by atoms with Crippen LogP contribution in [0.15, 0.2) is 36.4 Å². The Morgan fingerprint density at radius 3 is 2.49 bits per heavy atom. The molecule has 8 heteroatoms. The number of hydrogen-bond donors (Lipinski definition) is 1. The van der Waals surface area contributed by atoms with Crippen LogP contribution in [0.3, 0.4) is 0 Å². The summed E-state index contributed by atoms with van der Waals surface area (Å²) < 4.78 is 11.1. The van der Waals surface area contributed by atoms with E-state index in [2.05, 4.69) is 17.9 Å². The van der Waals surface area contributed by atoms with E-state index in [-0.39, 0.29) is 17.8 Å². The van der Waals surface area contributed by atoms with Gasteiger partial charge in [0.25, 0.3) is 0 Å². The Hall–Kier alpha value is -3.55. The second-order valence-corrected chi connectivity index (χ2v) is 11.2. The second kappa shape index (κ2) is 9.72. The van der Waals surface area contributed by atoms with Gasteiger partial charge in [0.15, 0.2) is 0 Å². The average Bonchev–Trinajstić information content (AvgIpc) is 2.86. The molecule has 1 amide bonds. The molecule has 1 aliphatic carbocycles. The first-order valence-electron chi connectivity index (χ1n) is 13.0. The van der Waals surface area contributed by atoms with Gasteiger partial charge in [0.2, 0.25) is 0 Å². The number of nitrogens with zero attached hydrogens (tertiary/aromatic N) is 4. The van der Waals surface area contributed by atoms with E-state index < -0.39 is 5.60 Å². The van der Waals surface area contributed by atoms with Crippen LogP contribution >= 0.6 is 0 Å². The maximum absolute atomic E-state index is 12.5. The number of piperazine rings is 1. The van der Waals surface area contributed by atoms with Crippen LogP contribution in [-0.4, -0.2) is 65.0 Å². The van der Waals surface area contributed by atoms with E-state index in [9.17, 15) is 9.90 Å². The molecule has 0 bridgehead atoms. The Morgan fingerprint density at radius 1 is 1.05 bits per heavy atom. The van der Waals surface area contributed by atoms with Crippen molar-refractivity contribution in [2.24, 2.45) is 5.92 Å². The molecule has 1 N–H and O–H groups in total. The standard InChI is InChI=1S/C29H36N4O4/c1-18-14-24-25(17-22(18)23-16-20(34)15-19-8-6-7-9-21(19)23)30-27(36-5)31-26(24)32-10-12-33(13-11-32)28(35)37-29(2,3)4/h6-9,15-16,18,22,34H,10-14,17H2,1-5H3. The highest BCUT2D eigenvalue weighted by Gasteiger charge is 2.34. The summed E-state index contributed by atoms with van der Waals surface area (Å²) in [6.45, 7) is 10.4. The highest BCUT2D eigenvalue weighted by molar-refractivity contribution is 5.87. The van der Waals surface area contributed by atoms with E-state index in [1.54, 1.807) is 12.0 Å². The number of aromatic nitrogens is 2. The molecule has 1 fully saturated rings. The van der Waals surface area contributed by atoms with Gasteiger partial charge in [-0.15, -0.1) is 0 Å². The van der Waals surface area contributed by atoms with E-state index in [0.717, 1.165) is 40.9 Å². The number of rotatable bonds is 3. The molecule has 8 nitrogen and oxygen atoms in total. The number of ether oxygens (including phenoxy) is 2. The van der Waals surface area contributed by atoms with Crippen LogP contribution in [0.5, 0.6) is 11.8 Å².